The summed E-state index contributed by atoms with van der Waals surface area (Å²) in [4.78, 5) is 11.8. The summed E-state index contributed by atoms with van der Waals surface area (Å²) in [5, 5.41) is 13.5. The van der Waals surface area contributed by atoms with Crippen LogP contribution in [0.2, 0.25) is 5.02 Å². The van der Waals surface area contributed by atoms with Crippen molar-refractivity contribution < 1.29 is 4.79 Å². The van der Waals surface area contributed by atoms with Crippen LogP contribution in [0.25, 0.3) is 0 Å². The number of amides is 1. The molecule has 0 spiro atoms. The second kappa shape index (κ2) is 5.53. The number of nitrogens with zero attached hydrogens (tertiary/aromatic N) is 3. The van der Waals surface area contributed by atoms with Crippen molar-refractivity contribution in [1.29, 1.82) is 0 Å². The van der Waals surface area contributed by atoms with Gasteiger partial charge in [0.05, 0.1) is 34.1 Å². The summed E-state index contributed by atoms with van der Waals surface area (Å²) in [5.41, 5.74) is 1.16. The first-order valence-electron chi connectivity index (χ1n) is 5.30. The Balaban J connectivity index is 2.06. The topological polar surface area (TPSA) is 75.6 Å². The van der Waals surface area contributed by atoms with Gasteiger partial charge in [0.15, 0.2) is 0 Å². The standard InChI is InChI=1S/C10H11BrClN5O/c1-2-17-8(6(11)3-15-17)5-13-10(18)9-7(12)4-14-16-9/h3-4H,2,5H2,1H3,(H,13,18)(H,14,16). The van der Waals surface area contributed by atoms with Gasteiger partial charge in [0, 0.05) is 6.54 Å². The lowest BCUT2D eigenvalue weighted by atomic mass is 10.3. The molecule has 8 heteroatoms. The third-order valence-corrected chi connectivity index (χ3v) is 3.38. The highest BCUT2D eigenvalue weighted by Crippen LogP contribution is 2.16. The smallest absolute Gasteiger partial charge is 0.271 e. The van der Waals surface area contributed by atoms with E-state index >= 15 is 0 Å². The Morgan fingerprint density at radius 3 is 3.00 bits per heavy atom. The summed E-state index contributed by atoms with van der Waals surface area (Å²) < 4.78 is 2.67. The van der Waals surface area contributed by atoms with Gasteiger partial charge in [0.2, 0.25) is 0 Å². The number of aromatic amines is 1. The molecule has 0 saturated heterocycles. The van der Waals surface area contributed by atoms with Gasteiger partial charge in [-0.05, 0) is 22.9 Å². The monoisotopic (exact) mass is 331 g/mol. The molecule has 0 bridgehead atoms. The Kier molecular flexibility index (Phi) is 4.03. The predicted molar refractivity (Wildman–Crippen MR) is 70.4 cm³/mol. The fourth-order valence-electron chi connectivity index (χ4n) is 1.52. The number of H-pyrrole nitrogens is 1. The second-order valence-corrected chi connectivity index (χ2v) is 4.79. The molecule has 2 heterocycles. The Labute approximate surface area is 117 Å². The molecule has 2 N–H and O–H groups in total. The molecular formula is C10H11BrClN5O. The molecule has 0 fully saturated rings. The zero-order valence-electron chi connectivity index (χ0n) is 9.57. The number of nitrogens with one attached hydrogen (secondary N) is 2. The first-order valence-corrected chi connectivity index (χ1v) is 6.47. The molecule has 0 saturated carbocycles. The van der Waals surface area contributed by atoms with Crippen LogP contribution >= 0.6 is 27.5 Å². The van der Waals surface area contributed by atoms with Gasteiger partial charge in [-0.15, -0.1) is 0 Å². The summed E-state index contributed by atoms with van der Waals surface area (Å²) in [5.74, 6) is -0.298. The molecule has 2 rings (SSSR count). The van der Waals surface area contributed by atoms with Gasteiger partial charge in [-0.3, -0.25) is 14.6 Å². The molecule has 0 unspecified atom stereocenters. The highest BCUT2D eigenvalue weighted by molar-refractivity contribution is 9.10. The summed E-state index contributed by atoms with van der Waals surface area (Å²) in [7, 11) is 0. The maximum atomic E-state index is 11.8. The summed E-state index contributed by atoms with van der Waals surface area (Å²) in [6.45, 7) is 3.08. The third-order valence-electron chi connectivity index (χ3n) is 2.43. The molecule has 0 aliphatic rings. The van der Waals surface area contributed by atoms with Crippen LogP contribution in [0.15, 0.2) is 16.9 Å². The molecular weight excluding hydrogens is 322 g/mol. The van der Waals surface area contributed by atoms with Crippen LogP contribution < -0.4 is 5.32 Å². The zero-order chi connectivity index (χ0) is 13.1. The van der Waals surface area contributed by atoms with Crippen LogP contribution in [0.5, 0.6) is 0 Å². The molecule has 2 aromatic heterocycles. The fourth-order valence-corrected chi connectivity index (χ4v) is 2.13. The molecule has 18 heavy (non-hydrogen) atoms. The normalized spacial score (nSPS) is 10.6. The average Bonchev–Trinajstić information content (AvgIpc) is 2.92. The van der Waals surface area contributed by atoms with Crippen LogP contribution in [-0.2, 0) is 13.1 Å². The van der Waals surface area contributed by atoms with E-state index in [0.29, 0.717) is 11.6 Å². The molecule has 1 amide bonds. The van der Waals surface area contributed by atoms with Crippen molar-refractivity contribution in [3.63, 3.8) is 0 Å². The van der Waals surface area contributed by atoms with Crippen LogP contribution in [-0.4, -0.2) is 25.9 Å². The third kappa shape index (κ3) is 2.56. The Morgan fingerprint density at radius 1 is 1.61 bits per heavy atom. The van der Waals surface area contributed by atoms with E-state index in [0.717, 1.165) is 16.7 Å². The first-order chi connectivity index (χ1) is 8.63. The Hall–Kier alpha value is -1.34. The van der Waals surface area contributed by atoms with E-state index in [9.17, 15) is 4.79 Å². The largest absolute Gasteiger partial charge is 0.345 e. The highest BCUT2D eigenvalue weighted by Gasteiger charge is 2.14. The number of carbonyl (C=O) groups excluding carboxylic acids is 1. The van der Waals surface area contributed by atoms with Gasteiger partial charge >= 0.3 is 0 Å². The fraction of sp³-hybridized carbons (Fsp3) is 0.300. The van der Waals surface area contributed by atoms with Gasteiger partial charge in [-0.1, -0.05) is 11.6 Å². The summed E-state index contributed by atoms with van der Waals surface area (Å²) >= 11 is 9.19. The Bertz CT molecular complexity index is 564. The summed E-state index contributed by atoms with van der Waals surface area (Å²) in [6, 6.07) is 0. The van der Waals surface area contributed by atoms with Crippen LogP contribution in [0.1, 0.15) is 23.1 Å². The van der Waals surface area contributed by atoms with Gasteiger partial charge in [0.25, 0.3) is 5.91 Å². The van der Waals surface area contributed by atoms with Gasteiger partial charge < -0.3 is 5.32 Å². The maximum Gasteiger partial charge on any atom is 0.271 e. The lowest BCUT2D eigenvalue weighted by molar-refractivity contribution is 0.0945. The lowest BCUT2D eigenvalue weighted by Gasteiger charge is -2.07. The summed E-state index contributed by atoms with van der Waals surface area (Å²) in [6.07, 6.45) is 3.09. The quantitative estimate of drug-likeness (QED) is 0.899. The number of halogens is 2. The van der Waals surface area contributed by atoms with Gasteiger partial charge in [0.1, 0.15) is 5.69 Å². The van der Waals surface area contributed by atoms with E-state index in [1.54, 1.807) is 10.9 Å². The maximum absolute atomic E-state index is 11.8. The molecule has 6 nitrogen and oxygen atoms in total. The van der Waals surface area contributed by atoms with E-state index in [1.165, 1.54) is 6.20 Å². The zero-order valence-corrected chi connectivity index (χ0v) is 11.9. The molecule has 96 valence electrons. The lowest BCUT2D eigenvalue weighted by Crippen LogP contribution is -2.25. The predicted octanol–water partition coefficient (Wildman–Crippen LogP) is 1.97. The Morgan fingerprint density at radius 2 is 2.39 bits per heavy atom. The van der Waals surface area contributed by atoms with Gasteiger partial charge in [-0.2, -0.15) is 10.2 Å². The second-order valence-electron chi connectivity index (χ2n) is 3.53. The van der Waals surface area contributed by atoms with E-state index in [-0.39, 0.29) is 11.6 Å². The molecule has 0 aliphatic carbocycles. The molecule has 0 atom stereocenters. The van der Waals surface area contributed by atoms with Crippen molar-refractivity contribution in [1.82, 2.24) is 25.3 Å². The van der Waals surface area contributed by atoms with Crippen molar-refractivity contribution in [2.45, 2.75) is 20.0 Å². The minimum atomic E-state index is -0.298. The number of hydrogen-bond acceptors (Lipinski definition) is 3. The number of rotatable bonds is 4. The SMILES string of the molecule is CCn1ncc(Br)c1CNC(=O)c1[nH]ncc1Cl. The van der Waals surface area contributed by atoms with Crippen molar-refractivity contribution in [3.8, 4) is 0 Å². The van der Waals surface area contributed by atoms with Crippen LogP contribution in [0.3, 0.4) is 0 Å². The number of carbonyl (C=O) groups is 1. The van der Waals surface area contributed by atoms with E-state index in [2.05, 4.69) is 36.5 Å². The van der Waals surface area contributed by atoms with Crippen molar-refractivity contribution >= 4 is 33.4 Å². The highest BCUT2D eigenvalue weighted by atomic mass is 79.9. The molecule has 0 radical (unpaired) electrons. The molecule has 0 aliphatic heterocycles. The number of aryl methyl sites for hydroxylation is 1. The van der Waals surface area contributed by atoms with Gasteiger partial charge in [-0.25, -0.2) is 0 Å². The van der Waals surface area contributed by atoms with Crippen LogP contribution in [0.4, 0.5) is 0 Å². The van der Waals surface area contributed by atoms with Crippen molar-refractivity contribution in [2.24, 2.45) is 0 Å². The van der Waals surface area contributed by atoms with Crippen molar-refractivity contribution in [2.75, 3.05) is 0 Å². The van der Waals surface area contributed by atoms with E-state index in [1.807, 2.05) is 6.92 Å². The molecule has 0 aromatic carbocycles. The van der Waals surface area contributed by atoms with E-state index in [4.69, 9.17) is 11.6 Å². The van der Waals surface area contributed by atoms with Crippen LogP contribution in [0, 0.1) is 0 Å². The minimum Gasteiger partial charge on any atom is -0.345 e. The first kappa shape index (κ1) is 13.1. The van der Waals surface area contributed by atoms with Crippen molar-refractivity contribution in [3.05, 3.63) is 33.3 Å². The number of aromatic nitrogens is 4. The number of hydrogen-bond donors (Lipinski definition) is 2. The molecule has 2 aromatic rings. The average molecular weight is 333 g/mol. The van der Waals surface area contributed by atoms with E-state index < -0.39 is 0 Å². The minimum absolute atomic E-state index is 0.260.